The fourth-order valence-corrected chi connectivity index (χ4v) is 4.80. The SMILES string of the molecule is Cc1nn(-c2ccccc2)c(C)c1[C@@H]1C(=O)NCCN1CC1CCCCC1. The zero-order valence-electron chi connectivity index (χ0n) is 16.4. The van der Waals surface area contributed by atoms with E-state index in [1.807, 2.05) is 29.8 Å². The standard InChI is InChI=1S/C22H30N4O/c1-16-20(17(2)26(24-16)19-11-7-4-8-12-19)21-22(27)23-13-14-25(21)15-18-9-5-3-6-10-18/h4,7-8,11-12,18,21H,3,5-6,9-10,13-15H2,1-2H3,(H,23,27)/t21-/m1/s1. The Morgan fingerprint density at radius 3 is 2.59 bits per heavy atom. The molecule has 1 saturated carbocycles. The quantitative estimate of drug-likeness (QED) is 0.900. The number of carbonyl (C=O) groups excluding carboxylic acids is 1. The van der Waals surface area contributed by atoms with Gasteiger partial charge in [0.25, 0.3) is 0 Å². The van der Waals surface area contributed by atoms with Gasteiger partial charge in [0.15, 0.2) is 0 Å². The van der Waals surface area contributed by atoms with Gasteiger partial charge in [-0.3, -0.25) is 9.69 Å². The van der Waals surface area contributed by atoms with Crippen LogP contribution in [0.2, 0.25) is 0 Å². The van der Waals surface area contributed by atoms with Crippen LogP contribution >= 0.6 is 0 Å². The monoisotopic (exact) mass is 366 g/mol. The maximum atomic E-state index is 12.9. The molecule has 1 amide bonds. The Morgan fingerprint density at radius 1 is 1.11 bits per heavy atom. The highest BCUT2D eigenvalue weighted by atomic mass is 16.2. The van der Waals surface area contributed by atoms with Gasteiger partial charge < -0.3 is 5.32 Å². The number of benzene rings is 1. The number of carbonyl (C=O) groups is 1. The van der Waals surface area contributed by atoms with E-state index < -0.39 is 0 Å². The van der Waals surface area contributed by atoms with Gasteiger partial charge in [0.05, 0.1) is 11.4 Å². The summed E-state index contributed by atoms with van der Waals surface area (Å²) >= 11 is 0. The van der Waals surface area contributed by atoms with Gasteiger partial charge in [-0.05, 0) is 44.7 Å². The second-order valence-corrected chi connectivity index (χ2v) is 8.02. The van der Waals surface area contributed by atoms with E-state index >= 15 is 0 Å². The van der Waals surface area contributed by atoms with E-state index in [2.05, 4.69) is 29.3 Å². The van der Waals surface area contributed by atoms with Crippen molar-refractivity contribution in [2.24, 2.45) is 5.92 Å². The lowest BCUT2D eigenvalue weighted by atomic mass is 9.88. The third kappa shape index (κ3) is 3.65. The highest BCUT2D eigenvalue weighted by molar-refractivity contribution is 5.84. The summed E-state index contributed by atoms with van der Waals surface area (Å²) in [6.45, 7) is 6.80. The summed E-state index contributed by atoms with van der Waals surface area (Å²) in [6, 6.07) is 9.95. The van der Waals surface area contributed by atoms with Gasteiger partial charge in [-0.25, -0.2) is 4.68 Å². The number of rotatable bonds is 4. The van der Waals surface area contributed by atoms with Crippen molar-refractivity contribution in [2.45, 2.75) is 52.0 Å². The van der Waals surface area contributed by atoms with Crippen LogP contribution in [0.1, 0.15) is 55.1 Å². The molecule has 0 radical (unpaired) electrons. The van der Waals surface area contributed by atoms with Crippen molar-refractivity contribution in [3.63, 3.8) is 0 Å². The number of nitrogens with zero attached hydrogens (tertiary/aromatic N) is 3. The first-order chi connectivity index (χ1) is 13.1. The van der Waals surface area contributed by atoms with E-state index in [9.17, 15) is 4.79 Å². The molecule has 2 fully saturated rings. The summed E-state index contributed by atoms with van der Waals surface area (Å²) < 4.78 is 1.98. The molecule has 1 aliphatic carbocycles. The second-order valence-electron chi connectivity index (χ2n) is 8.02. The molecule has 1 atom stereocenters. The van der Waals surface area contributed by atoms with E-state index in [0.29, 0.717) is 0 Å². The Kier molecular flexibility index (Phi) is 5.30. The van der Waals surface area contributed by atoms with Gasteiger partial charge in [-0.15, -0.1) is 0 Å². The van der Waals surface area contributed by atoms with Crippen molar-refractivity contribution in [2.75, 3.05) is 19.6 Å². The molecule has 27 heavy (non-hydrogen) atoms. The van der Waals surface area contributed by atoms with Crippen molar-refractivity contribution in [3.05, 3.63) is 47.3 Å². The normalized spacial score (nSPS) is 22.0. The molecule has 2 aliphatic rings. The van der Waals surface area contributed by atoms with Crippen molar-refractivity contribution in [1.82, 2.24) is 20.0 Å². The Morgan fingerprint density at radius 2 is 1.85 bits per heavy atom. The van der Waals surface area contributed by atoms with Gasteiger partial charge in [0.2, 0.25) is 5.91 Å². The zero-order valence-corrected chi connectivity index (χ0v) is 16.4. The van der Waals surface area contributed by atoms with Gasteiger partial charge in [0.1, 0.15) is 6.04 Å². The molecule has 1 aromatic carbocycles. The lowest BCUT2D eigenvalue weighted by Gasteiger charge is -2.38. The third-order valence-electron chi connectivity index (χ3n) is 6.15. The van der Waals surface area contributed by atoms with Gasteiger partial charge in [-0.1, -0.05) is 37.5 Å². The van der Waals surface area contributed by atoms with E-state index in [1.165, 1.54) is 32.1 Å². The number of piperazine rings is 1. The number of aryl methyl sites for hydroxylation is 1. The Bertz CT molecular complexity index is 792. The number of hydrogen-bond acceptors (Lipinski definition) is 3. The molecule has 2 aromatic rings. The minimum atomic E-state index is -0.224. The predicted octanol–water partition coefficient (Wildman–Crippen LogP) is 3.54. The number of nitrogens with one attached hydrogen (secondary N) is 1. The van der Waals surface area contributed by atoms with Crippen molar-refractivity contribution in [3.8, 4) is 5.69 Å². The molecule has 5 heteroatoms. The second kappa shape index (κ2) is 7.85. The van der Waals surface area contributed by atoms with Crippen LogP contribution in [0.3, 0.4) is 0 Å². The average Bonchev–Trinajstić information content (AvgIpc) is 2.98. The highest BCUT2D eigenvalue weighted by Gasteiger charge is 2.36. The predicted molar refractivity (Wildman–Crippen MR) is 107 cm³/mol. The molecule has 1 aliphatic heterocycles. The summed E-state index contributed by atoms with van der Waals surface area (Å²) in [5.41, 5.74) is 4.13. The maximum absolute atomic E-state index is 12.9. The Hall–Kier alpha value is -2.14. The number of para-hydroxylation sites is 1. The first-order valence-electron chi connectivity index (χ1n) is 10.3. The third-order valence-corrected chi connectivity index (χ3v) is 6.15. The van der Waals surface area contributed by atoms with Gasteiger partial charge in [-0.2, -0.15) is 5.10 Å². The molecule has 0 spiro atoms. The van der Waals surface area contributed by atoms with Gasteiger partial charge in [0, 0.05) is 30.9 Å². The molecule has 1 aromatic heterocycles. The fourth-order valence-electron chi connectivity index (χ4n) is 4.80. The number of hydrogen-bond donors (Lipinski definition) is 1. The molecular weight excluding hydrogens is 336 g/mol. The summed E-state index contributed by atoms with van der Waals surface area (Å²) in [7, 11) is 0. The Balaban J connectivity index is 1.66. The van der Waals surface area contributed by atoms with Gasteiger partial charge >= 0.3 is 0 Å². The molecule has 5 nitrogen and oxygen atoms in total. The minimum Gasteiger partial charge on any atom is -0.353 e. The molecule has 144 valence electrons. The number of aromatic nitrogens is 2. The molecule has 0 unspecified atom stereocenters. The summed E-state index contributed by atoms with van der Waals surface area (Å²) in [4.78, 5) is 15.3. The van der Waals surface area contributed by atoms with E-state index in [4.69, 9.17) is 5.10 Å². The summed E-state index contributed by atoms with van der Waals surface area (Å²) in [6.07, 6.45) is 6.62. The lowest BCUT2D eigenvalue weighted by Crippen LogP contribution is -2.51. The molecular formula is C22H30N4O. The molecule has 0 bridgehead atoms. The number of amides is 1. The maximum Gasteiger partial charge on any atom is 0.242 e. The van der Waals surface area contributed by atoms with E-state index in [1.54, 1.807) is 0 Å². The van der Waals surface area contributed by atoms with Crippen LogP contribution in [0, 0.1) is 19.8 Å². The first-order valence-corrected chi connectivity index (χ1v) is 10.3. The van der Waals surface area contributed by atoms with Crippen molar-refractivity contribution >= 4 is 5.91 Å². The fraction of sp³-hybridized carbons (Fsp3) is 0.545. The minimum absolute atomic E-state index is 0.121. The zero-order chi connectivity index (χ0) is 18.8. The van der Waals surface area contributed by atoms with E-state index in [-0.39, 0.29) is 11.9 Å². The smallest absolute Gasteiger partial charge is 0.242 e. The van der Waals surface area contributed by atoms with Crippen LogP contribution in [0.15, 0.2) is 30.3 Å². The molecule has 4 rings (SSSR count). The molecule has 1 saturated heterocycles. The molecule has 2 heterocycles. The van der Waals surface area contributed by atoms with Crippen molar-refractivity contribution < 1.29 is 4.79 Å². The van der Waals surface area contributed by atoms with Crippen LogP contribution in [0.4, 0.5) is 0 Å². The van der Waals surface area contributed by atoms with Crippen LogP contribution < -0.4 is 5.32 Å². The van der Waals surface area contributed by atoms with Crippen LogP contribution in [0.5, 0.6) is 0 Å². The summed E-state index contributed by atoms with van der Waals surface area (Å²) in [5, 5.41) is 7.86. The largest absolute Gasteiger partial charge is 0.353 e. The lowest BCUT2D eigenvalue weighted by molar-refractivity contribution is -0.129. The summed E-state index contributed by atoms with van der Waals surface area (Å²) in [5.74, 6) is 0.841. The molecule has 1 N–H and O–H groups in total. The average molecular weight is 367 g/mol. The van der Waals surface area contributed by atoms with Crippen molar-refractivity contribution in [1.29, 1.82) is 0 Å². The van der Waals surface area contributed by atoms with E-state index in [0.717, 1.165) is 48.2 Å². The first kappa shape index (κ1) is 18.2. The Labute approximate surface area is 161 Å². The van der Waals surface area contributed by atoms with Crippen LogP contribution in [0.25, 0.3) is 5.69 Å². The topological polar surface area (TPSA) is 50.2 Å². The van der Waals surface area contributed by atoms with Crippen LogP contribution in [-0.4, -0.2) is 40.2 Å². The van der Waals surface area contributed by atoms with Crippen LogP contribution in [-0.2, 0) is 4.79 Å². The highest BCUT2D eigenvalue weighted by Crippen LogP contribution is 2.33.